The van der Waals surface area contributed by atoms with Crippen molar-refractivity contribution < 1.29 is 4.79 Å². The van der Waals surface area contributed by atoms with E-state index in [1.54, 1.807) is 7.05 Å². The fourth-order valence-electron chi connectivity index (χ4n) is 2.11. The van der Waals surface area contributed by atoms with Gasteiger partial charge in [-0.05, 0) is 19.1 Å². The Balaban J connectivity index is 2.57. The molecule has 1 N–H and O–H groups in total. The predicted octanol–water partition coefficient (Wildman–Crippen LogP) is 2.12. The molecule has 0 bridgehead atoms. The van der Waals surface area contributed by atoms with Gasteiger partial charge in [-0.3, -0.25) is 4.79 Å². The quantitative estimate of drug-likeness (QED) is 0.861. The van der Waals surface area contributed by atoms with Crippen LogP contribution >= 0.6 is 11.6 Å². The van der Waals surface area contributed by atoms with Gasteiger partial charge in [-0.1, -0.05) is 12.1 Å². The van der Waals surface area contributed by atoms with Crippen molar-refractivity contribution in [1.82, 2.24) is 14.9 Å². The highest BCUT2D eigenvalue weighted by Gasteiger charge is 2.19. The zero-order valence-corrected chi connectivity index (χ0v) is 11.2. The molecule has 0 aliphatic heterocycles. The van der Waals surface area contributed by atoms with Crippen LogP contribution in [0.4, 0.5) is 0 Å². The number of amides is 1. The molecule has 1 aromatic heterocycles. The third kappa shape index (κ3) is 2.20. The third-order valence-electron chi connectivity index (χ3n) is 3.00. The molecule has 0 spiro atoms. The Morgan fingerprint density at radius 3 is 2.89 bits per heavy atom. The number of hydrogen-bond acceptors (Lipinski definition) is 2. The summed E-state index contributed by atoms with van der Waals surface area (Å²) in [6.45, 7) is 1.87. The normalized spacial score (nSPS) is 12.6. The monoisotopic (exact) mass is 265 g/mol. The molecule has 1 unspecified atom stereocenters. The van der Waals surface area contributed by atoms with E-state index in [0.717, 1.165) is 16.9 Å². The van der Waals surface area contributed by atoms with Gasteiger partial charge in [0, 0.05) is 19.3 Å². The molecule has 5 heteroatoms. The molecule has 0 aliphatic carbocycles. The molecular weight excluding hydrogens is 250 g/mol. The molecule has 0 saturated heterocycles. The molecule has 0 saturated carbocycles. The van der Waals surface area contributed by atoms with Crippen molar-refractivity contribution in [3.8, 4) is 0 Å². The average Bonchev–Trinajstić information content (AvgIpc) is 2.75. The summed E-state index contributed by atoms with van der Waals surface area (Å²) in [6, 6.07) is 7.51. The van der Waals surface area contributed by atoms with E-state index < -0.39 is 0 Å². The van der Waals surface area contributed by atoms with Crippen molar-refractivity contribution in [1.29, 1.82) is 0 Å². The van der Waals surface area contributed by atoms with Gasteiger partial charge in [0.15, 0.2) is 0 Å². The van der Waals surface area contributed by atoms with Crippen molar-refractivity contribution in [3.05, 3.63) is 30.1 Å². The fraction of sp³-hybridized carbons (Fsp3) is 0.385. The lowest BCUT2D eigenvalue weighted by atomic mass is 10.2. The van der Waals surface area contributed by atoms with E-state index in [4.69, 9.17) is 11.6 Å². The van der Waals surface area contributed by atoms with Gasteiger partial charge in [-0.25, -0.2) is 4.98 Å². The molecule has 1 aromatic carbocycles. The minimum Gasteiger partial charge on any atom is -0.357 e. The standard InChI is InChI=1S/C13H16ClN3O/c1-9(13(18)15-2)17-11-6-4-3-5-10(11)16-12(17)7-8-14/h3-6,9H,7-8H2,1-2H3,(H,15,18). The number of aromatic nitrogens is 2. The second-order valence-corrected chi connectivity index (χ2v) is 4.49. The van der Waals surface area contributed by atoms with Crippen LogP contribution in [0.2, 0.25) is 0 Å². The molecule has 2 aromatic rings. The smallest absolute Gasteiger partial charge is 0.242 e. The number of alkyl halides is 1. The van der Waals surface area contributed by atoms with Gasteiger partial charge < -0.3 is 9.88 Å². The first-order chi connectivity index (χ1) is 8.69. The number of nitrogens with zero attached hydrogens (tertiary/aromatic N) is 2. The van der Waals surface area contributed by atoms with Gasteiger partial charge in [0.05, 0.1) is 11.0 Å². The number of halogens is 1. The molecule has 0 aliphatic rings. The second-order valence-electron chi connectivity index (χ2n) is 4.12. The number of benzene rings is 1. The molecule has 0 radical (unpaired) electrons. The van der Waals surface area contributed by atoms with Crippen molar-refractivity contribution in [2.24, 2.45) is 0 Å². The van der Waals surface area contributed by atoms with Crippen molar-refractivity contribution in [2.75, 3.05) is 12.9 Å². The number of likely N-dealkylation sites (N-methyl/N-ethyl adjacent to an activating group) is 1. The Morgan fingerprint density at radius 2 is 2.22 bits per heavy atom. The van der Waals surface area contributed by atoms with Gasteiger partial charge in [0.2, 0.25) is 5.91 Å². The van der Waals surface area contributed by atoms with E-state index in [-0.39, 0.29) is 11.9 Å². The van der Waals surface area contributed by atoms with Crippen LogP contribution < -0.4 is 5.32 Å². The largest absolute Gasteiger partial charge is 0.357 e. The summed E-state index contributed by atoms with van der Waals surface area (Å²) in [6.07, 6.45) is 0.650. The summed E-state index contributed by atoms with van der Waals surface area (Å²) in [4.78, 5) is 16.4. The van der Waals surface area contributed by atoms with Gasteiger partial charge in [-0.15, -0.1) is 11.6 Å². The van der Waals surface area contributed by atoms with Gasteiger partial charge in [0.25, 0.3) is 0 Å². The molecule has 0 fully saturated rings. The summed E-state index contributed by atoms with van der Waals surface area (Å²) in [5, 5.41) is 2.67. The summed E-state index contributed by atoms with van der Waals surface area (Å²) in [7, 11) is 1.64. The second kappa shape index (κ2) is 5.40. The highest BCUT2D eigenvalue weighted by molar-refractivity contribution is 6.17. The van der Waals surface area contributed by atoms with E-state index in [2.05, 4.69) is 10.3 Å². The molecular formula is C13H16ClN3O. The van der Waals surface area contributed by atoms with Crippen LogP contribution in [0.15, 0.2) is 24.3 Å². The van der Waals surface area contributed by atoms with Crippen LogP contribution in [-0.2, 0) is 11.2 Å². The SMILES string of the molecule is CNC(=O)C(C)n1c(CCCl)nc2ccccc21. The summed E-state index contributed by atoms with van der Waals surface area (Å²) < 4.78 is 1.95. The van der Waals surface area contributed by atoms with E-state index in [9.17, 15) is 4.79 Å². The van der Waals surface area contributed by atoms with Crippen LogP contribution in [0.3, 0.4) is 0 Å². The van der Waals surface area contributed by atoms with Gasteiger partial charge >= 0.3 is 0 Å². The lowest BCUT2D eigenvalue weighted by Crippen LogP contribution is -2.28. The van der Waals surface area contributed by atoms with Crippen LogP contribution in [-0.4, -0.2) is 28.4 Å². The van der Waals surface area contributed by atoms with Crippen LogP contribution in [0, 0.1) is 0 Å². The number of hydrogen-bond donors (Lipinski definition) is 1. The van der Waals surface area contributed by atoms with E-state index >= 15 is 0 Å². The minimum absolute atomic E-state index is 0.0334. The lowest BCUT2D eigenvalue weighted by Gasteiger charge is -2.15. The van der Waals surface area contributed by atoms with Crippen molar-refractivity contribution in [2.45, 2.75) is 19.4 Å². The van der Waals surface area contributed by atoms with Crippen LogP contribution in [0.25, 0.3) is 11.0 Å². The molecule has 2 rings (SSSR count). The van der Waals surface area contributed by atoms with Crippen molar-refractivity contribution in [3.63, 3.8) is 0 Å². The van der Waals surface area contributed by atoms with E-state index in [1.807, 2.05) is 35.8 Å². The maximum absolute atomic E-state index is 11.8. The van der Waals surface area contributed by atoms with Crippen molar-refractivity contribution >= 4 is 28.5 Å². The molecule has 18 heavy (non-hydrogen) atoms. The van der Waals surface area contributed by atoms with E-state index in [0.29, 0.717) is 12.3 Å². The summed E-state index contributed by atoms with van der Waals surface area (Å²) in [5.41, 5.74) is 1.86. The number of rotatable bonds is 4. The third-order valence-corrected chi connectivity index (χ3v) is 3.19. The number of nitrogens with one attached hydrogen (secondary N) is 1. The maximum atomic E-state index is 11.8. The first-order valence-corrected chi connectivity index (χ1v) is 6.46. The first-order valence-electron chi connectivity index (χ1n) is 5.92. The predicted molar refractivity (Wildman–Crippen MR) is 72.9 cm³/mol. The Morgan fingerprint density at radius 1 is 1.50 bits per heavy atom. The van der Waals surface area contributed by atoms with Gasteiger partial charge in [0.1, 0.15) is 11.9 Å². The van der Waals surface area contributed by atoms with Crippen LogP contribution in [0.5, 0.6) is 0 Å². The number of aryl methyl sites for hydroxylation is 1. The molecule has 1 heterocycles. The molecule has 4 nitrogen and oxygen atoms in total. The lowest BCUT2D eigenvalue weighted by molar-refractivity contribution is -0.123. The topological polar surface area (TPSA) is 46.9 Å². The molecule has 96 valence electrons. The Kier molecular flexibility index (Phi) is 3.87. The highest BCUT2D eigenvalue weighted by Crippen LogP contribution is 2.21. The molecule has 1 amide bonds. The number of carbonyl (C=O) groups is 1. The zero-order chi connectivity index (χ0) is 13.1. The van der Waals surface area contributed by atoms with Crippen LogP contribution in [0.1, 0.15) is 18.8 Å². The average molecular weight is 266 g/mol. The zero-order valence-electron chi connectivity index (χ0n) is 10.5. The highest BCUT2D eigenvalue weighted by atomic mass is 35.5. The minimum atomic E-state index is -0.291. The number of imidazole rings is 1. The maximum Gasteiger partial charge on any atom is 0.242 e. The molecule has 1 atom stereocenters. The fourth-order valence-corrected chi connectivity index (χ4v) is 2.28. The number of para-hydroxylation sites is 2. The number of fused-ring (bicyclic) bond motifs is 1. The summed E-state index contributed by atoms with van der Waals surface area (Å²) >= 11 is 5.80. The first kappa shape index (κ1) is 12.9. The van der Waals surface area contributed by atoms with E-state index in [1.165, 1.54) is 0 Å². The van der Waals surface area contributed by atoms with Gasteiger partial charge in [-0.2, -0.15) is 0 Å². The summed E-state index contributed by atoms with van der Waals surface area (Å²) in [5.74, 6) is 1.31. The Labute approximate surface area is 111 Å². The Bertz CT molecular complexity index is 564. The number of carbonyl (C=O) groups excluding carboxylic acids is 1. The Hall–Kier alpha value is -1.55.